The van der Waals surface area contributed by atoms with Crippen molar-refractivity contribution in [1.82, 2.24) is 19.9 Å². The van der Waals surface area contributed by atoms with Gasteiger partial charge in [0.15, 0.2) is 17.6 Å². The molecule has 1 N–H and O–H groups in total. The third-order valence-electron chi connectivity index (χ3n) is 3.13. The predicted octanol–water partition coefficient (Wildman–Crippen LogP) is 2.03. The van der Waals surface area contributed by atoms with E-state index in [9.17, 15) is 0 Å². The van der Waals surface area contributed by atoms with Crippen molar-refractivity contribution in [2.45, 2.75) is 12.5 Å². The summed E-state index contributed by atoms with van der Waals surface area (Å²) in [5.41, 5.74) is 2.74. The van der Waals surface area contributed by atoms with Crippen molar-refractivity contribution in [3.63, 3.8) is 0 Å². The Labute approximate surface area is 103 Å². The summed E-state index contributed by atoms with van der Waals surface area (Å²) in [7, 11) is 0. The number of benzene rings is 1. The van der Waals surface area contributed by atoms with Crippen LogP contribution < -0.4 is 4.74 Å². The predicted molar refractivity (Wildman–Crippen MR) is 65.2 cm³/mol. The molecule has 0 fully saturated rings. The molecule has 3 heterocycles. The third kappa shape index (κ3) is 1.37. The van der Waals surface area contributed by atoms with E-state index in [1.165, 1.54) is 11.9 Å². The first kappa shape index (κ1) is 9.58. The van der Waals surface area contributed by atoms with Crippen LogP contribution in [-0.4, -0.2) is 19.9 Å². The van der Waals surface area contributed by atoms with Crippen molar-refractivity contribution in [3.05, 3.63) is 48.2 Å². The maximum atomic E-state index is 5.88. The minimum Gasteiger partial charge on any atom is -0.482 e. The van der Waals surface area contributed by atoms with E-state index in [2.05, 4.69) is 26.0 Å². The Bertz CT molecular complexity index is 664. The topological polar surface area (TPSA) is 63.7 Å². The van der Waals surface area contributed by atoms with Gasteiger partial charge in [0.05, 0.1) is 6.20 Å². The van der Waals surface area contributed by atoms with Crippen molar-refractivity contribution in [1.29, 1.82) is 0 Å². The number of para-hydroxylation sites is 1. The van der Waals surface area contributed by atoms with Gasteiger partial charge in [-0.15, -0.1) is 0 Å². The molecule has 0 spiro atoms. The van der Waals surface area contributed by atoms with Crippen LogP contribution in [0.15, 0.2) is 36.8 Å². The normalized spacial score (nSPS) is 17.7. The van der Waals surface area contributed by atoms with Gasteiger partial charge < -0.3 is 9.72 Å². The zero-order valence-electron chi connectivity index (χ0n) is 9.50. The van der Waals surface area contributed by atoms with Crippen LogP contribution in [0.4, 0.5) is 0 Å². The first-order valence-electron chi connectivity index (χ1n) is 5.80. The number of hydrogen-bond donors (Lipinski definition) is 1. The Morgan fingerprint density at radius 2 is 2.22 bits per heavy atom. The van der Waals surface area contributed by atoms with Crippen LogP contribution >= 0.6 is 0 Å². The number of rotatable bonds is 1. The first-order chi connectivity index (χ1) is 8.90. The van der Waals surface area contributed by atoms with E-state index in [1.54, 1.807) is 6.20 Å². The highest BCUT2D eigenvalue weighted by Crippen LogP contribution is 2.35. The van der Waals surface area contributed by atoms with E-state index in [0.29, 0.717) is 5.65 Å². The fraction of sp³-hybridized carbons (Fsp3) is 0.154. The fourth-order valence-electron chi connectivity index (χ4n) is 2.27. The lowest BCUT2D eigenvalue weighted by Crippen LogP contribution is -2.05. The van der Waals surface area contributed by atoms with E-state index in [-0.39, 0.29) is 6.10 Å². The molecule has 0 bridgehead atoms. The molecule has 88 valence electrons. The highest BCUT2D eigenvalue weighted by molar-refractivity contribution is 5.68. The minimum atomic E-state index is -0.0587. The number of nitrogens with zero attached hydrogens (tertiary/aromatic N) is 3. The molecule has 1 atom stereocenters. The largest absolute Gasteiger partial charge is 0.482 e. The van der Waals surface area contributed by atoms with Crippen molar-refractivity contribution in [2.75, 3.05) is 0 Å². The molecule has 0 saturated carbocycles. The van der Waals surface area contributed by atoms with Crippen LogP contribution in [0.3, 0.4) is 0 Å². The summed E-state index contributed by atoms with van der Waals surface area (Å²) in [4.78, 5) is 15.7. The van der Waals surface area contributed by atoms with Gasteiger partial charge in [0.1, 0.15) is 17.6 Å². The van der Waals surface area contributed by atoms with Gasteiger partial charge in [0.2, 0.25) is 0 Å². The lowest BCUT2D eigenvalue weighted by atomic mass is 10.1. The summed E-state index contributed by atoms with van der Waals surface area (Å²) in [5.74, 6) is 1.75. The van der Waals surface area contributed by atoms with E-state index in [1.807, 2.05) is 18.2 Å². The van der Waals surface area contributed by atoms with Gasteiger partial charge in [0, 0.05) is 6.42 Å². The van der Waals surface area contributed by atoms with Crippen LogP contribution in [0.1, 0.15) is 17.5 Å². The molecule has 1 aromatic carbocycles. The van der Waals surface area contributed by atoms with Gasteiger partial charge >= 0.3 is 0 Å². The molecule has 1 aliphatic rings. The highest BCUT2D eigenvalue weighted by Gasteiger charge is 2.26. The summed E-state index contributed by atoms with van der Waals surface area (Å²) < 4.78 is 5.88. The zero-order valence-corrected chi connectivity index (χ0v) is 9.50. The Kier molecular flexibility index (Phi) is 1.88. The van der Waals surface area contributed by atoms with Gasteiger partial charge in [-0.05, 0) is 11.6 Å². The van der Waals surface area contributed by atoms with Crippen LogP contribution in [0.25, 0.3) is 11.2 Å². The molecule has 4 rings (SSSR count). The molecule has 0 amide bonds. The van der Waals surface area contributed by atoms with Crippen LogP contribution in [0.5, 0.6) is 5.75 Å². The van der Waals surface area contributed by atoms with Crippen molar-refractivity contribution >= 4 is 11.2 Å². The summed E-state index contributed by atoms with van der Waals surface area (Å²) in [6, 6.07) is 8.07. The molecule has 1 aliphatic heterocycles. The average molecular weight is 238 g/mol. The highest BCUT2D eigenvalue weighted by atomic mass is 16.5. The maximum Gasteiger partial charge on any atom is 0.180 e. The fourth-order valence-corrected chi connectivity index (χ4v) is 2.27. The summed E-state index contributed by atoms with van der Waals surface area (Å²) in [5, 5.41) is 0. The Balaban J connectivity index is 1.73. The molecule has 0 radical (unpaired) electrons. The zero-order chi connectivity index (χ0) is 11.9. The smallest absolute Gasteiger partial charge is 0.180 e. The second-order valence-electron chi connectivity index (χ2n) is 4.30. The summed E-state index contributed by atoms with van der Waals surface area (Å²) >= 11 is 0. The number of nitrogens with one attached hydrogen (secondary N) is 1. The lowest BCUT2D eigenvalue weighted by Gasteiger charge is -2.06. The number of fused-ring (bicyclic) bond motifs is 2. The number of hydrogen-bond acceptors (Lipinski definition) is 4. The Morgan fingerprint density at radius 3 is 3.11 bits per heavy atom. The maximum absolute atomic E-state index is 5.88. The van der Waals surface area contributed by atoms with Gasteiger partial charge in [-0.3, -0.25) is 0 Å². The van der Waals surface area contributed by atoms with Crippen molar-refractivity contribution < 1.29 is 4.74 Å². The van der Waals surface area contributed by atoms with Gasteiger partial charge in [0.25, 0.3) is 0 Å². The number of ether oxygens (including phenoxy) is 1. The van der Waals surface area contributed by atoms with Gasteiger partial charge in [-0.2, -0.15) is 0 Å². The number of aromatic nitrogens is 4. The monoisotopic (exact) mass is 238 g/mol. The standard InChI is InChI=1S/C13H10N4O/c1-2-4-10-8(3-1)5-11(18-10)13-16-9-6-14-7-15-12(9)17-13/h1-4,6-7,11H,5H2,(H,14,15,16,17). The Hall–Kier alpha value is -2.43. The van der Waals surface area contributed by atoms with Crippen LogP contribution in [-0.2, 0) is 6.42 Å². The quantitative estimate of drug-likeness (QED) is 0.704. The lowest BCUT2D eigenvalue weighted by molar-refractivity contribution is 0.229. The summed E-state index contributed by atoms with van der Waals surface area (Å²) in [6.45, 7) is 0. The average Bonchev–Trinajstić information content (AvgIpc) is 3.02. The molecule has 18 heavy (non-hydrogen) atoms. The second-order valence-corrected chi connectivity index (χ2v) is 4.30. The van der Waals surface area contributed by atoms with Crippen molar-refractivity contribution in [3.8, 4) is 5.75 Å². The number of aromatic amines is 1. The third-order valence-corrected chi connectivity index (χ3v) is 3.13. The van der Waals surface area contributed by atoms with E-state index in [4.69, 9.17) is 4.74 Å². The number of H-pyrrole nitrogens is 1. The molecule has 1 unspecified atom stereocenters. The van der Waals surface area contributed by atoms with Gasteiger partial charge in [-0.1, -0.05) is 18.2 Å². The second kappa shape index (κ2) is 3.53. The SMILES string of the molecule is c1ccc2c(c1)CC(c1nc3ncncc3[nH]1)O2. The molecule has 2 aromatic heterocycles. The molecule has 5 nitrogen and oxygen atoms in total. The minimum absolute atomic E-state index is 0.0587. The van der Waals surface area contributed by atoms with Crippen LogP contribution in [0, 0.1) is 0 Å². The van der Waals surface area contributed by atoms with E-state index in [0.717, 1.165) is 23.5 Å². The molecule has 0 saturated heterocycles. The first-order valence-corrected chi connectivity index (χ1v) is 5.80. The molecule has 0 aliphatic carbocycles. The van der Waals surface area contributed by atoms with Gasteiger partial charge in [-0.25, -0.2) is 15.0 Å². The molecule has 5 heteroatoms. The van der Waals surface area contributed by atoms with Crippen LogP contribution in [0.2, 0.25) is 0 Å². The molecular weight excluding hydrogens is 228 g/mol. The number of imidazole rings is 1. The summed E-state index contributed by atoms with van der Waals surface area (Å²) in [6.07, 6.45) is 4.00. The molecule has 3 aromatic rings. The molecular formula is C13H10N4O. The Morgan fingerprint density at radius 1 is 1.28 bits per heavy atom. The van der Waals surface area contributed by atoms with E-state index >= 15 is 0 Å². The van der Waals surface area contributed by atoms with E-state index < -0.39 is 0 Å². The van der Waals surface area contributed by atoms with Crippen molar-refractivity contribution in [2.24, 2.45) is 0 Å².